The average molecular weight is 361 g/mol. The number of nitriles is 1. The normalized spacial score (nSPS) is 17.6. The van der Waals surface area contributed by atoms with Crippen molar-refractivity contribution in [3.63, 3.8) is 0 Å². The van der Waals surface area contributed by atoms with Gasteiger partial charge in [-0.1, -0.05) is 35.9 Å². The van der Waals surface area contributed by atoms with Gasteiger partial charge in [0.1, 0.15) is 6.07 Å². The van der Waals surface area contributed by atoms with Crippen molar-refractivity contribution >= 4 is 17.3 Å². The van der Waals surface area contributed by atoms with E-state index < -0.39 is 5.92 Å². The van der Waals surface area contributed by atoms with Crippen LogP contribution in [0.5, 0.6) is 0 Å². The van der Waals surface area contributed by atoms with Crippen molar-refractivity contribution in [3.05, 3.63) is 63.7 Å². The van der Waals surface area contributed by atoms with Crippen LogP contribution in [0.3, 0.4) is 0 Å². The number of nitrogens with zero attached hydrogens (tertiary/aromatic N) is 2. The largest absolute Gasteiger partial charge is 0.364 e. The first-order chi connectivity index (χ1) is 11.8. The lowest BCUT2D eigenvalue weighted by Crippen LogP contribution is -2.26. The number of rotatable bonds is 3. The van der Waals surface area contributed by atoms with Gasteiger partial charge in [-0.3, -0.25) is 0 Å². The van der Waals surface area contributed by atoms with Gasteiger partial charge in [-0.15, -0.1) is 0 Å². The fraction of sp³-hybridized carbons (Fsp3) is 0.350. The molecule has 1 heterocycles. The fourth-order valence-electron chi connectivity index (χ4n) is 3.64. The molecule has 130 valence electrons. The monoisotopic (exact) mass is 360 g/mol. The molecule has 5 heteroatoms. The van der Waals surface area contributed by atoms with Gasteiger partial charge in [0.15, 0.2) is 0 Å². The molecule has 1 aliphatic heterocycles. The number of anilines is 1. The van der Waals surface area contributed by atoms with Gasteiger partial charge in [0, 0.05) is 24.7 Å². The zero-order chi connectivity index (χ0) is 18.2. The second-order valence-electron chi connectivity index (χ2n) is 6.51. The molecule has 0 radical (unpaired) electrons. The van der Waals surface area contributed by atoms with E-state index in [9.17, 15) is 8.78 Å². The summed E-state index contributed by atoms with van der Waals surface area (Å²) in [5.74, 6) is -2.89. The molecule has 1 fully saturated rings. The van der Waals surface area contributed by atoms with E-state index in [0.717, 1.165) is 37.6 Å². The van der Waals surface area contributed by atoms with E-state index in [1.807, 2.05) is 13.0 Å². The van der Waals surface area contributed by atoms with Crippen LogP contribution in [0.15, 0.2) is 36.4 Å². The summed E-state index contributed by atoms with van der Waals surface area (Å²) in [6.07, 6.45) is 1.73. The molecule has 0 aliphatic carbocycles. The SMILES string of the molecule is Cc1c(N2CCCC2c2ccccc2C(C)(F)F)ccc(C#N)c1Cl. The van der Waals surface area contributed by atoms with E-state index in [4.69, 9.17) is 16.9 Å². The zero-order valence-corrected chi connectivity index (χ0v) is 14.9. The topological polar surface area (TPSA) is 27.0 Å². The van der Waals surface area contributed by atoms with Gasteiger partial charge >= 0.3 is 0 Å². The van der Waals surface area contributed by atoms with Crippen molar-refractivity contribution in [1.29, 1.82) is 5.26 Å². The first-order valence-electron chi connectivity index (χ1n) is 8.27. The first kappa shape index (κ1) is 17.7. The van der Waals surface area contributed by atoms with Crippen LogP contribution in [0.4, 0.5) is 14.5 Å². The van der Waals surface area contributed by atoms with E-state index in [1.54, 1.807) is 24.3 Å². The highest BCUT2D eigenvalue weighted by molar-refractivity contribution is 6.32. The second kappa shape index (κ2) is 6.65. The Labute approximate surface area is 151 Å². The molecule has 3 rings (SSSR count). The van der Waals surface area contributed by atoms with Crippen LogP contribution in [0.2, 0.25) is 5.02 Å². The molecule has 25 heavy (non-hydrogen) atoms. The molecule has 1 saturated heterocycles. The minimum Gasteiger partial charge on any atom is -0.364 e. The van der Waals surface area contributed by atoms with E-state index in [-0.39, 0.29) is 11.6 Å². The molecule has 0 aromatic heterocycles. The summed E-state index contributed by atoms with van der Waals surface area (Å²) < 4.78 is 28.1. The third-order valence-corrected chi connectivity index (χ3v) is 5.32. The predicted octanol–water partition coefficient (Wildman–Crippen LogP) is 5.97. The summed E-state index contributed by atoms with van der Waals surface area (Å²) >= 11 is 6.31. The summed E-state index contributed by atoms with van der Waals surface area (Å²) in [5.41, 5.74) is 2.88. The molecule has 1 unspecified atom stereocenters. The minimum atomic E-state index is -2.89. The summed E-state index contributed by atoms with van der Waals surface area (Å²) in [4.78, 5) is 2.13. The van der Waals surface area contributed by atoms with Gasteiger partial charge < -0.3 is 4.90 Å². The Morgan fingerprint density at radius 1 is 1.24 bits per heavy atom. The van der Waals surface area contributed by atoms with Crippen molar-refractivity contribution < 1.29 is 8.78 Å². The van der Waals surface area contributed by atoms with Gasteiger partial charge in [0.2, 0.25) is 0 Å². The molecule has 2 aromatic rings. The van der Waals surface area contributed by atoms with Crippen molar-refractivity contribution in [2.24, 2.45) is 0 Å². The van der Waals surface area contributed by atoms with Gasteiger partial charge in [0.05, 0.1) is 16.6 Å². The molecule has 0 spiro atoms. The van der Waals surface area contributed by atoms with Crippen LogP contribution in [0.25, 0.3) is 0 Å². The van der Waals surface area contributed by atoms with Crippen LogP contribution in [0.1, 0.15) is 48.1 Å². The lowest BCUT2D eigenvalue weighted by atomic mass is 9.94. The van der Waals surface area contributed by atoms with E-state index in [1.165, 1.54) is 6.07 Å². The quantitative estimate of drug-likeness (QED) is 0.673. The fourth-order valence-corrected chi connectivity index (χ4v) is 3.84. The van der Waals surface area contributed by atoms with Crippen LogP contribution in [0, 0.1) is 18.3 Å². The summed E-state index contributed by atoms with van der Waals surface area (Å²) in [6, 6.07) is 12.3. The molecular formula is C20H19ClF2N2. The second-order valence-corrected chi connectivity index (χ2v) is 6.89. The van der Waals surface area contributed by atoms with Crippen molar-refractivity contribution in [3.8, 4) is 6.07 Å². The van der Waals surface area contributed by atoms with E-state index in [0.29, 0.717) is 16.1 Å². The smallest absolute Gasteiger partial charge is 0.270 e. The molecule has 0 saturated carbocycles. The van der Waals surface area contributed by atoms with Gasteiger partial charge in [0.25, 0.3) is 5.92 Å². The Morgan fingerprint density at radius 3 is 2.64 bits per heavy atom. The number of alkyl halides is 2. The van der Waals surface area contributed by atoms with Crippen LogP contribution in [-0.2, 0) is 5.92 Å². The molecule has 2 nitrogen and oxygen atoms in total. The van der Waals surface area contributed by atoms with E-state index in [2.05, 4.69) is 11.0 Å². The number of benzene rings is 2. The maximum atomic E-state index is 14.1. The highest BCUT2D eigenvalue weighted by Crippen LogP contribution is 2.43. The average Bonchev–Trinajstić information content (AvgIpc) is 3.06. The first-order valence-corrected chi connectivity index (χ1v) is 8.65. The number of hydrogen-bond acceptors (Lipinski definition) is 2. The Kier molecular flexibility index (Phi) is 4.71. The van der Waals surface area contributed by atoms with Crippen LogP contribution < -0.4 is 4.90 Å². The number of hydrogen-bond donors (Lipinski definition) is 0. The van der Waals surface area contributed by atoms with Crippen molar-refractivity contribution in [2.45, 2.75) is 38.7 Å². The van der Waals surface area contributed by atoms with Crippen LogP contribution >= 0.6 is 11.6 Å². The Bertz CT molecular complexity index is 837. The molecule has 2 aromatic carbocycles. The van der Waals surface area contributed by atoms with Crippen molar-refractivity contribution in [1.82, 2.24) is 0 Å². The molecule has 1 aliphatic rings. The van der Waals surface area contributed by atoms with Gasteiger partial charge in [-0.2, -0.15) is 5.26 Å². The zero-order valence-electron chi connectivity index (χ0n) is 14.2. The maximum Gasteiger partial charge on any atom is 0.270 e. The molecule has 1 atom stereocenters. The highest BCUT2D eigenvalue weighted by Gasteiger charge is 2.35. The van der Waals surface area contributed by atoms with Gasteiger partial charge in [-0.25, -0.2) is 8.78 Å². The van der Waals surface area contributed by atoms with Crippen molar-refractivity contribution in [2.75, 3.05) is 11.4 Å². The van der Waals surface area contributed by atoms with Gasteiger partial charge in [-0.05, 0) is 43.0 Å². The van der Waals surface area contributed by atoms with E-state index >= 15 is 0 Å². The Morgan fingerprint density at radius 2 is 1.96 bits per heavy atom. The summed E-state index contributed by atoms with van der Waals surface area (Å²) in [6.45, 7) is 3.58. The molecule has 0 N–H and O–H groups in total. The Balaban J connectivity index is 2.07. The number of halogens is 3. The molecule has 0 bridgehead atoms. The Hall–Kier alpha value is -2.12. The summed E-state index contributed by atoms with van der Waals surface area (Å²) in [7, 11) is 0. The standard InChI is InChI=1S/C20H19ClF2N2/c1-13-17(10-9-14(12-24)19(13)21)25-11-5-8-18(25)15-6-3-4-7-16(15)20(2,22)23/h3-4,6-7,9-10,18H,5,8,11H2,1-2H3. The lowest BCUT2D eigenvalue weighted by molar-refractivity contribution is 0.0162. The predicted molar refractivity (Wildman–Crippen MR) is 96.2 cm³/mol. The third-order valence-electron chi connectivity index (χ3n) is 4.83. The maximum absolute atomic E-state index is 14.1. The summed E-state index contributed by atoms with van der Waals surface area (Å²) in [5, 5.41) is 9.55. The third kappa shape index (κ3) is 3.21. The molecular weight excluding hydrogens is 342 g/mol. The highest BCUT2D eigenvalue weighted by atomic mass is 35.5. The minimum absolute atomic E-state index is 0.0734. The lowest BCUT2D eigenvalue weighted by Gasteiger charge is -2.31. The van der Waals surface area contributed by atoms with Crippen LogP contribution in [-0.4, -0.2) is 6.54 Å². The molecule has 0 amide bonds.